The molecular formula is C14H18N4OS2. The molecule has 21 heavy (non-hydrogen) atoms. The highest BCUT2D eigenvalue weighted by molar-refractivity contribution is 7.80. The van der Waals surface area contributed by atoms with Gasteiger partial charge in [0.05, 0.1) is 6.61 Å². The highest BCUT2D eigenvalue weighted by Gasteiger charge is 2.06. The number of para-hydroxylation sites is 1. The molecule has 0 amide bonds. The van der Waals surface area contributed by atoms with Crippen LogP contribution in [0.4, 0.5) is 10.8 Å². The predicted molar refractivity (Wildman–Crippen MR) is 91.0 cm³/mol. The maximum Gasteiger partial charge on any atom is 0.211 e. The number of nitrogens with zero attached hydrogens (tertiary/aromatic N) is 2. The third kappa shape index (κ3) is 5.74. The van der Waals surface area contributed by atoms with E-state index in [1.54, 1.807) is 0 Å². The van der Waals surface area contributed by atoms with E-state index < -0.39 is 0 Å². The Morgan fingerprint density at radius 1 is 1.19 bits per heavy atom. The number of anilines is 2. The van der Waals surface area contributed by atoms with E-state index in [2.05, 4.69) is 27.8 Å². The van der Waals surface area contributed by atoms with Crippen LogP contribution in [0.2, 0.25) is 0 Å². The molecule has 2 N–H and O–H groups in total. The quantitative estimate of drug-likeness (QED) is 0.602. The molecule has 5 nitrogen and oxygen atoms in total. The molecule has 0 radical (unpaired) electrons. The van der Waals surface area contributed by atoms with Crippen LogP contribution in [-0.4, -0.2) is 28.5 Å². The lowest BCUT2D eigenvalue weighted by Crippen LogP contribution is -2.18. The van der Waals surface area contributed by atoms with E-state index in [0.717, 1.165) is 30.1 Å². The minimum absolute atomic E-state index is 0.506. The molecule has 112 valence electrons. The molecule has 1 aromatic carbocycles. The number of benzene rings is 1. The lowest BCUT2D eigenvalue weighted by atomic mass is 10.3. The number of hydrogen-bond acceptors (Lipinski definition) is 5. The zero-order valence-corrected chi connectivity index (χ0v) is 13.5. The number of thiocarbonyl (C=S) groups is 1. The molecule has 2 rings (SSSR count). The number of aromatic nitrogens is 2. The molecule has 2 aromatic rings. The monoisotopic (exact) mass is 322 g/mol. The van der Waals surface area contributed by atoms with Gasteiger partial charge in [0, 0.05) is 18.7 Å². The van der Waals surface area contributed by atoms with Gasteiger partial charge in [-0.2, -0.15) is 0 Å². The summed E-state index contributed by atoms with van der Waals surface area (Å²) in [6, 6.07) is 9.75. The van der Waals surface area contributed by atoms with Crippen LogP contribution in [-0.2, 0) is 11.2 Å². The third-order valence-electron chi connectivity index (χ3n) is 2.53. The Balaban J connectivity index is 1.78. The van der Waals surface area contributed by atoms with E-state index in [4.69, 9.17) is 17.0 Å². The standard InChI is InChI=1S/C14H18N4OS2/c1-2-9-19-10-8-12-17-18-14(21-12)16-13(20)15-11-6-4-3-5-7-11/h3-7H,2,8-10H2,1H3,(H2,15,16,18,20). The fourth-order valence-electron chi connectivity index (χ4n) is 1.59. The largest absolute Gasteiger partial charge is 0.381 e. The van der Waals surface area contributed by atoms with Crippen molar-refractivity contribution in [2.45, 2.75) is 19.8 Å². The average Bonchev–Trinajstić information content (AvgIpc) is 2.92. The summed E-state index contributed by atoms with van der Waals surface area (Å²) >= 11 is 6.73. The minimum Gasteiger partial charge on any atom is -0.381 e. The summed E-state index contributed by atoms with van der Waals surface area (Å²) < 4.78 is 5.44. The Morgan fingerprint density at radius 3 is 2.76 bits per heavy atom. The molecule has 1 heterocycles. The van der Waals surface area contributed by atoms with Gasteiger partial charge in [0.15, 0.2) is 5.11 Å². The lowest BCUT2D eigenvalue weighted by molar-refractivity contribution is 0.138. The van der Waals surface area contributed by atoms with Crippen molar-refractivity contribution in [3.63, 3.8) is 0 Å². The van der Waals surface area contributed by atoms with Gasteiger partial charge in [-0.05, 0) is 30.8 Å². The normalized spacial score (nSPS) is 10.3. The Morgan fingerprint density at radius 2 is 2.00 bits per heavy atom. The van der Waals surface area contributed by atoms with E-state index >= 15 is 0 Å². The predicted octanol–water partition coefficient (Wildman–Crippen LogP) is 3.32. The number of ether oxygens (including phenoxy) is 1. The zero-order valence-electron chi connectivity index (χ0n) is 11.8. The van der Waals surface area contributed by atoms with Gasteiger partial charge in [-0.1, -0.05) is 36.5 Å². The second-order valence-electron chi connectivity index (χ2n) is 4.31. The van der Waals surface area contributed by atoms with Crippen molar-refractivity contribution in [2.75, 3.05) is 23.8 Å². The van der Waals surface area contributed by atoms with Gasteiger partial charge in [-0.15, -0.1) is 10.2 Å². The van der Waals surface area contributed by atoms with Crippen LogP contribution in [0.15, 0.2) is 30.3 Å². The SMILES string of the molecule is CCCOCCc1nnc(NC(=S)Nc2ccccc2)s1. The second-order valence-corrected chi connectivity index (χ2v) is 5.78. The number of hydrogen-bond donors (Lipinski definition) is 2. The van der Waals surface area contributed by atoms with Crippen LogP contribution >= 0.6 is 23.6 Å². The average molecular weight is 322 g/mol. The van der Waals surface area contributed by atoms with Crippen LogP contribution in [0.25, 0.3) is 0 Å². The molecule has 1 aromatic heterocycles. The van der Waals surface area contributed by atoms with Crippen LogP contribution < -0.4 is 10.6 Å². The van der Waals surface area contributed by atoms with Crippen molar-refractivity contribution in [3.8, 4) is 0 Å². The summed E-state index contributed by atoms with van der Waals surface area (Å²) in [4.78, 5) is 0. The summed E-state index contributed by atoms with van der Waals surface area (Å²) in [5.41, 5.74) is 0.938. The molecule has 0 aliphatic rings. The zero-order chi connectivity index (χ0) is 14.9. The highest BCUT2D eigenvalue weighted by Crippen LogP contribution is 2.16. The summed E-state index contributed by atoms with van der Waals surface area (Å²) in [5, 5.41) is 16.4. The Kier molecular flexibility index (Phi) is 6.52. The van der Waals surface area contributed by atoms with Crippen molar-refractivity contribution in [3.05, 3.63) is 35.3 Å². The van der Waals surface area contributed by atoms with Gasteiger partial charge in [0.1, 0.15) is 5.01 Å². The maximum absolute atomic E-state index is 5.44. The molecule has 0 unspecified atom stereocenters. The van der Waals surface area contributed by atoms with Gasteiger partial charge in [0.2, 0.25) is 5.13 Å². The molecule has 7 heteroatoms. The molecule has 0 aliphatic carbocycles. The summed E-state index contributed by atoms with van der Waals surface area (Å²) in [7, 11) is 0. The second kappa shape index (κ2) is 8.66. The molecular weight excluding hydrogens is 304 g/mol. The maximum atomic E-state index is 5.44. The first kappa shape index (κ1) is 15.8. The van der Waals surface area contributed by atoms with Crippen LogP contribution in [0.3, 0.4) is 0 Å². The lowest BCUT2D eigenvalue weighted by Gasteiger charge is -2.07. The van der Waals surface area contributed by atoms with Crippen molar-refractivity contribution < 1.29 is 4.74 Å². The minimum atomic E-state index is 0.506. The number of rotatable bonds is 7. The van der Waals surface area contributed by atoms with E-state index in [0.29, 0.717) is 16.9 Å². The van der Waals surface area contributed by atoms with Gasteiger partial charge in [0.25, 0.3) is 0 Å². The van der Waals surface area contributed by atoms with Crippen molar-refractivity contribution >= 4 is 39.5 Å². The fraction of sp³-hybridized carbons (Fsp3) is 0.357. The third-order valence-corrected chi connectivity index (χ3v) is 3.63. The molecule has 0 atom stereocenters. The smallest absolute Gasteiger partial charge is 0.211 e. The van der Waals surface area contributed by atoms with Gasteiger partial charge in [-0.3, -0.25) is 0 Å². The Hall–Kier alpha value is -1.57. The first-order valence-electron chi connectivity index (χ1n) is 6.81. The topological polar surface area (TPSA) is 59.1 Å². The van der Waals surface area contributed by atoms with Gasteiger partial charge < -0.3 is 15.4 Å². The van der Waals surface area contributed by atoms with Crippen molar-refractivity contribution in [1.82, 2.24) is 10.2 Å². The van der Waals surface area contributed by atoms with E-state index in [-0.39, 0.29) is 0 Å². The number of nitrogens with one attached hydrogen (secondary N) is 2. The highest BCUT2D eigenvalue weighted by atomic mass is 32.1. The van der Waals surface area contributed by atoms with Gasteiger partial charge in [-0.25, -0.2) is 0 Å². The van der Waals surface area contributed by atoms with Crippen LogP contribution in [0.1, 0.15) is 18.4 Å². The molecule has 0 saturated carbocycles. The van der Waals surface area contributed by atoms with E-state index in [1.165, 1.54) is 11.3 Å². The molecule has 0 spiro atoms. The molecule has 0 fully saturated rings. The first-order valence-corrected chi connectivity index (χ1v) is 8.03. The first-order chi connectivity index (χ1) is 10.3. The van der Waals surface area contributed by atoms with Crippen LogP contribution in [0.5, 0.6) is 0 Å². The molecule has 0 aliphatic heterocycles. The summed E-state index contributed by atoms with van der Waals surface area (Å²) in [6.45, 7) is 3.55. The van der Waals surface area contributed by atoms with Crippen LogP contribution in [0, 0.1) is 0 Å². The Labute approximate surface area is 133 Å². The van der Waals surface area contributed by atoms with Crippen molar-refractivity contribution in [1.29, 1.82) is 0 Å². The van der Waals surface area contributed by atoms with Crippen molar-refractivity contribution in [2.24, 2.45) is 0 Å². The van der Waals surface area contributed by atoms with E-state index in [9.17, 15) is 0 Å². The Bertz CT molecular complexity index is 559. The fourth-order valence-corrected chi connectivity index (χ4v) is 2.60. The molecule has 0 saturated heterocycles. The summed E-state index contributed by atoms with van der Waals surface area (Å²) in [6.07, 6.45) is 1.81. The van der Waals surface area contributed by atoms with Gasteiger partial charge >= 0.3 is 0 Å². The molecule has 0 bridgehead atoms. The summed E-state index contributed by atoms with van der Waals surface area (Å²) in [5.74, 6) is 0. The van der Waals surface area contributed by atoms with E-state index in [1.807, 2.05) is 30.3 Å².